The van der Waals surface area contributed by atoms with Gasteiger partial charge in [0.2, 0.25) is 0 Å². The second-order valence-electron chi connectivity index (χ2n) is 3.88. The van der Waals surface area contributed by atoms with Gasteiger partial charge in [0, 0.05) is 0 Å². The van der Waals surface area contributed by atoms with Crippen molar-refractivity contribution in [1.29, 1.82) is 0 Å². The maximum absolute atomic E-state index is 4.14. The van der Waals surface area contributed by atoms with E-state index in [9.17, 15) is 0 Å². The molecule has 0 unspecified atom stereocenters. The van der Waals surface area contributed by atoms with Gasteiger partial charge in [-0.2, -0.15) is 0 Å². The first kappa shape index (κ1) is 5.76. The summed E-state index contributed by atoms with van der Waals surface area (Å²) in [6.45, 7) is 4.14. The van der Waals surface area contributed by atoms with Crippen LogP contribution in [0.4, 0.5) is 0 Å². The van der Waals surface area contributed by atoms with Crippen LogP contribution in [-0.4, -0.2) is 0 Å². The fraction of sp³-hybridized carbons (Fsp3) is 0.889. The van der Waals surface area contributed by atoms with Crippen LogP contribution in [0.3, 0.4) is 0 Å². The van der Waals surface area contributed by atoms with Crippen molar-refractivity contribution in [2.75, 3.05) is 0 Å². The van der Waals surface area contributed by atoms with E-state index in [1.54, 1.807) is 0 Å². The van der Waals surface area contributed by atoms with E-state index in [4.69, 9.17) is 0 Å². The van der Waals surface area contributed by atoms with E-state index in [1.165, 1.54) is 32.1 Å². The lowest BCUT2D eigenvalue weighted by Crippen LogP contribution is -2.12. The molecule has 2 fully saturated rings. The van der Waals surface area contributed by atoms with Gasteiger partial charge >= 0.3 is 0 Å². The zero-order valence-corrected chi connectivity index (χ0v) is 5.97. The van der Waals surface area contributed by atoms with Gasteiger partial charge in [-0.15, -0.1) is 0 Å². The molecule has 0 aromatic rings. The van der Waals surface area contributed by atoms with E-state index >= 15 is 0 Å². The highest BCUT2D eigenvalue weighted by Gasteiger charge is 2.31. The number of rotatable bonds is 0. The van der Waals surface area contributed by atoms with Gasteiger partial charge in [0.25, 0.3) is 0 Å². The molecule has 2 aliphatic carbocycles. The third-order valence-electron chi connectivity index (χ3n) is 2.98. The first-order chi connectivity index (χ1) is 4.34. The normalized spacial score (nSPS) is 49.7. The van der Waals surface area contributed by atoms with Crippen LogP contribution in [0.1, 0.15) is 32.1 Å². The zero-order valence-electron chi connectivity index (χ0n) is 5.97. The smallest absolute Gasteiger partial charge is 0.0409 e. The predicted molar refractivity (Wildman–Crippen MR) is 38.9 cm³/mol. The average Bonchev–Trinajstić information content (AvgIpc) is 2.11. The second-order valence-corrected chi connectivity index (χ2v) is 3.88. The summed E-state index contributed by atoms with van der Waals surface area (Å²) in [7, 11) is 0. The molecule has 0 saturated heterocycles. The van der Waals surface area contributed by atoms with E-state index in [1.807, 2.05) is 0 Å². The third kappa shape index (κ3) is 0.997. The molecule has 0 amide bonds. The third-order valence-corrected chi connectivity index (χ3v) is 2.98. The lowest BCUT2D eigenvalue weighted by Gasteiger charge is -2.23. The van der Waals surface area contributed by atoms with Crippen molar-refractivity contribution in [3.63, 3.8) is 0 Å². The molecule has 0 aliphatic heterocycles. The molecule has 3 atom stereocenters. The molecule has 2 rings (SSSR count). The standard InChI is InChI=1S/C9H15/c1-7-4-8-2-3-9(5-7)6-8/h7-9H,1-6H2/t7-,8+,9-. The Bertz CT molecular complexity index is 94.6. The Balaban J connectivity index is 2.03. The van der Waals surface area contributed by atoms with E-state index < -0.39 is 0 Å². The first-order valence-corrected chi connectivity index (χ1v) is 4.17. The largest absolute Gasteiger partial charge is 0.0502 e. The Morgan fingerprint density at radius 2 is 1.44 bits per heavy atom. The summed E-state index contributed by atoms with van der Waals surface area (Å²) < 4.78 is 0. The molecule has 0 nitrogen and oxygen atoms in total. The van der Waals surface area contributed by atoms with Crippen LogP contribution in [0.2, 0.25) is 0 Å². The molecule has 51 valence electrons. The average molecular weight is 123 g/mol. The van der Waals surface area contributed by atoms with Crippen molar-refractivity contribution in [3.8, 4) is 0 Å². The molecule has 2 aliphatic rings. The molecule has 0 heteroatoms. The lowest BCUT2D eigenvalue weighted by atomic mass is 9.82. The molecule has 0 N–H and O–H groups in total. The Morgan fingerprint density at radius 3 is 2.00 bits per heavy atom. The van der Waals surface area contributed by atoms with Gasteiger partial charge in [0.1, 0.15) is 0 Å². The van der Waals surface area contributed by atoms with Crippen molar-refractivity contribution >= 4 is 0 Å². The number of hydrogen-bond donors (Lipinski definition) is 0. The van der Waals surface area contributed by atoms with Crippen LogP contribution in [0, 0.1) is 24.7 Å². The molecular formula is C9H15. The molecular weight excluding hydrogens is 108 g/mol. The molecule has 0 heterocycles. The van der Waals surface area contributed by atoms with Gasteiger partial charge in [-0.25, -0.2) is 0 Å². The second kappa shape index (κ2) is 2.00. The molecule has 0 aromatic heterocycles. The highest BCUT2D eigenvalue weighted by atomic mass is 14.4. The zero-order chi connectivity index (χ0) is 6.27. The van der Waals surface area contributed by atoms with Crippen molar-refractivity contribution < 1.29 is 0 Å². The Kier molecular flexibility index (Phi) is 1.28. The number of hydrogen-bond acceptors (Lipinski definition) is 0. The van der Waals surface area contributed by atoms with Crippen LogP contribution < -0.4 is 0 Å². The minimum atomic E-state index is 0.802. The fourth-order valence-electron chi connectivity index (χ4n) is 2.65. The van der Waals surface area contributed by atoms with Crippen molar-refractivity contribution in [3.05, 3.63) is 6.92 Å². The van der Waals surface area contributed by atoms with Crippen LogP contribution >= 0.6 is 0 Å². The van der Waals surface area contributed by atoms with Crippen LogP contribution in [0.25, 0.3) is 0 Å². The summed E-state index contributed by atoms with van der Waals surface area (Å²) in [6.07, 6.45) is 7.41. The minimum Gasteiger partial charge on any atom is -0.0502 e. The summed E-state index contributed by atoms with van der Waals surface area (Å²) in [5.74, 6) is 2.95. The summed E-state index contributed by atoms with van der Waals surface area (Å²) in [5.41, 5.74) is 0. The van der Waals surface area contributed by atoms with Crippen molar-refractivity contribution in [2.24, 2.45) is 17.8 Å². The molecule has 2 saturated carbocycles. The lowest BCUT2D eigenvalue weighted by molar-refractivity contribution is 0.299. The maximum atomic E-state index is 4.14. The molecule has 9 heavy (non-hydrogen) atoms. The summed E-state index contributed by atoms with van der Waals surface area (Å²) >= 11 is 0. The minimum absolute atomic E-state index is 0.802. The van der Waals surface area contributed by atoms with Gasteiger partial charge in [-0.1, -0.05) is 19.8 Å². The Labute approximate surface area is 57.6 Å². The molecule has 0 spiro atoms. The summed E-state index contributed by atoms with van der Waals surface area (Å²) in [4.78, 5) is 0. The SMILES string of the molecule is [CH2][C@H]1C[C@H]2CC[C@@H](C1)C2. The predicted octanol–water partition coefficient (Wildman–Crippen LogP) is 2.65. The van der Waals surface area contributed by atoms with E-state index in [2.05, 4.69) is 6.92 Å². The van der Waals surface area contributed by atoms with E-state index in [0.717, 1.165) is 17.8 Å². The maximum Gasteiger partial charge on any atom is -0.0409 e. The van der Waals surface area contributed by atoms with Gasteiger partial charge in [-0.3, -0.25) is 0 Å². The quantitative estimate of drug-likeness (QED) is 0.464. The highest BCUT2D eigenvalue weighted by molar-refractivity contribution is 4.85. The van der Waals surface area contributed by atoms with Crippen LogP contribution in [0.5, 0.6) is 0 Å². The molecule has 0 aromatic carbocycles. The Hall–Kier alpha value is 0. The van der Waals surface area contributed by atoms with E-state index in [-0.39, 0.29) is 0 Å². The van der Waals surface area contributed by atoms with E-state index in [0.29, 0.717) is 0 Å². The van der Waals surface area contributed by atoms with Crippen LogP contribution in [0.15, 0.2) is 0 Å². The molecule has 1 radical (unpaired) electrons. The fourth-order valence-corrected chi connectivity index (χ4v) is 2.65. The topological polar surface area (TPSA) is 0 Å². The highest BCUT2D eigenvalue weighted by Crippen LogP contribution is 2.43. The van der Waals surface area contributed by atoms with Gasteiger partial charge in [-0.05, 0) is 37.0 Å². The summed E-state index contributed by atoms with van der Waals surface area (Å²) in [6, 6.07) is 0. The van der Waals surface area contributed by atoms with Gasteiger partial charge in [0.05, 0.1) is 0 Å². The van der Waals surface area contributed by atoms with Crippen LogP contribution in [-0.2, 0) is 0 Å². The van der Waals surface area contributed by atoms with Crippen molar-refractivity contribution in [1.82, 2.24) is 0 Å². The van der Waals surface area contributed by atoms with Gasteiger partial charge < -0.3 is 0 Å². The summed E-state index contributed by atoms with van der Waals surface area (Å²) in [5, 5.41) is 0. The monoisotopic (exact) mass is 123 g/mol. The Morgan fingerprint density at radius 1 is 0.889 bits per heavy atom. The molecule has 2 bridgehead atoms. The first-order valence-electron chi connectivity index (χ1n) is 4.17. The number of fused-ring (bicyclic) bond motifs is 2. The van der Waals surface area contributed by atoms with Gasteiger partial charge in [0.15, 0.2) is 0 Å². The van der Waals surface area contributed by atoms with Crippen molar-refractivity contribution in [2.45, 2.75) is 32.1 Å².